The fourth-order valence-electron chi connectivity index (χ4n) is 4.71. The third-order valence-corrected chi connectivity index (χ3v) is 6.56. The van der Waals surface area contributed by atoms with Crippen molar-refractivity contribution in [2.24, 2.45) is 0 Å². The Balaban J connectivity index is 1.44. The van der Waals surface area contributed by atoms with Gasteiger partial charge in [0.2, 0.25) is 0 Å². The van der Waals surface area contributed by atoms with Gasteiger partial charge in [0.05, 0.1) is 11.6 Å². The third kappa shape index (κ3) is 5.52. The summed E-state index contributed by atoms with van der Waals surface area (Å²) in [4.78, 5) is 29.4. The molecule has 0 unspecified atom stereocenters. The van der Waals surface area contributed by atoms with Crippen molar-refractivity contribution < 1.29 is 22.8 Å². The fourth-order valence-corrected chi connectivity index (χ4v) is 4.71. The number of likely N-dealkylation sites (tertiary alicyclic amines) is 1. The smallest absolute Gasteiger partial charge is 0.374 e. The maximum atomic E-state index is 12.9. The Morgan fingerprint density at radius 1 is 1.00 bits per heavy atom. The van der Waals surface area contributed by atoms with E-state index in [0.29, 0.717) is 0 Å². The molecule has 2 N–H and O–H groups in total. The van der Waals surface area contributed by atoms with E-state index in [9.17, 15) is 22.8 Å². The lowest BCUT2D eigenvalue weighted by atomic mass is 9.98. The van der Waals surface area contributed by atoms with Crippen molar-refractivity contribution in [3.63, 3.8) is 0 Å². The molecule has 0 aromatic heterocycles. The van der Waals surface area contributed by atoms with Gasteiger partial charge in [0.15, 0.2) is 0 Å². The molecule has 1 atom stereocenters. The molecule has 0 radical (unpaired) electrons. The number of nitrogens with one attached hydrogen (secondary N) is 2. The number of alkyl halides is 3. The van der Waals surface area contributed by atoms with Crippen LogP contribution in [0.15, 0.2) is 42.5 Å². The van der Waals surface area contributed by atoms with E-state index in [1.54, 1.807) is 0 Å². The van der Waals surface area contributed by atoms with Crippen molar-refractivity contribution in [2.45, 2.75) is 37.9 Å². The monoisotopic (exact) mass is 474 g/mol. The van der Waals surface area contributed by atoms with Crippen LogP contribution in [0.5, 0.6) is 0 Å². The third-order valence-electron chi connectivity index (χ3n) is 6.56. The van der Waals surface area contributed by atoms with Gasteiger partial charge in [-0.2, -0.15) is 13.2 Å². The highest BCUT2D eigenvalue weighted by molar-refractivity contribution is 6.39. The molecule has 34 heavy (non-hydrogen) atoms. The van der Waals surface area contributed by atoms with Gasteiger partial charge >= 0.3 is 18.0 Å². The topological polar surface area (TPSA) is 64.7 Å². The molecule has 1 fully saturated rings. The number of benzene rings is 2. The number of carbonyl (C=O) groups excluding carboxylic acids is 2. The van der Waals surface area contributed by atoms with E-state index in [1.165, 1.54) is 29.8 Å². The number of rotatable bonds is 5. The van der Waals surface area contributed by atoms with Crippen molar-refractivity contribution in [3.8, 4) is 0 Å². The molecule has 0 spiro atoms. The average molecular weight is 475 g/mol. The summed E-state index contributed by atoms with van der Waals surface area (Å²) in [7, 11) is 2.07. The van der Waals surface area contributed by atoms with Crippen LogP contribution >= 0.6 is 0 Å². The summed E-state index contributed by atoms with van der Waals surface area (Å²) in [6, 6.07) is 10.5. The van der Waals surface area contributed by atoms with E-state index < -0.39 is 23.6 Å². The normalized spacial score (nSPS) is 17.2. The van der Waals surface area contributed by atoms with E-state index in [4.69, 9.17) is 0 Å². The van der Waals surface area contributed by atoms with Gasteiger partial charge in [-0.05, 0) is 67.7 Å². The molecule has 6 nitrogen and oxygen atoms in total. The number of hydrogen-bond donors (Lipinski definition) is 2. The number of fused-ring (bicyclic) bond motifs is 1. The Labute approximate surface area is 197 Å². The summed E-state index contributed by atoms with van der Waals surface area (Å²) >= 11 is 0. The highest BCUT2D eigenvalue weighted by Gasteiger charge is 2.31. The van der Waals surface area contributed by atoms with E-state index >= 15 is 0 Å². The summed E-state index contributed by atoms with van der Waals surface area (Å²) in [5, 5.41) is 4.96. The molecule has 2 heterocycles. The predicted octanol–water partition coefficient (Wildman–Crippen LogP) is 3.98. The van der Waals surface area contributed by atoms with Crippen LogP contribution < -0.4 is 15.5 Å². The number of hydrogen-bond acceptors (Lipinski definition) is 4. The Morgan fingerprint density at radius 3 is 2.50 bits per heavy atom. The van der Waals surface area contributed by atoms with Gasteiger partial charge in [0, 0.05) is 31.5 Å². The lowest BCUT2D eigenvalue weighted by Gasteiger charge is -2.35. The van der Waals surface area contributed by atoms with Gasteiger partial charge in [-0.3, -0.25) is 14.5 Å². The molecule has 2 aromatic carbocycles. The molecule has 1 saturated heterocycles. The van der Waals surface area contributed by atoms with Crippen LogP contribution in [0.4, 0.5) is 24.5 Å². The Bertz CT molecular complexity index is 1050. The maximum absolute atomic E-state index is 12.9. The number of carbonyl (C=O) groups is 2. The molecular weight excluding hydrogens is 445 g/mol. The average Bonchev–Trinajstić information content (AvgIpc) is 3.19. The SMILES string of the molecule is CN1CCc2cc([C@@H](CNC(=O)C(=O)Nc3cccc(C(F)(F)F)c3)N3CCCCC3)ccc21. The summed E-state index contributed by atoms with van der Waals surface area (Å²) < 4.78 is 38.7. The molecular formula is C25H29F3N4O2. The zero-order valence-electron chi connectivity index (χ0n) is 19.1. The molecule has 2 aromatic rings. The minimum absolute atomic E-state index is 0.0784. The van der Waals surface area contributed by atoms with E-state index in [1.807, 2.05) is 0 Å². The lowest BCUT2D eigenvalue weighted by molar-refractivity contribution is -0.137. The Hall–Kier alpha value is -3.07. The first-order chi connectivity index (χ1) is 16.2. The van der Waals surface area contributed by atoms with Crippen molar-refractivity contribution in [1.82, 2.24) is 10.2 Å². The number of halogens is 3. The fraction of sp³-hybridized carbons (Fsp3) is 0.440. The molecule has 2 aliphatic rings. The van der Waals surface area contributed by atoms with Gasteiger partial charge in [-0.25, -0.2) is 0 Å². The van der Waals surface area contributed by atoms with Crippen molar-refractivity contribution in [2.75, 3.05) is 43.4 Å². The molecule has 2 amide bonds. The summed E-state index contributed by atoms with van der Waals surface area (Å²) in [6.45, 7) is 3.03. The Kier molecular flexibility index (Phi) is 7.11. The van der Waals surface area contributed by atoms with Crippen LogP contribution in [0.25, 0.3) is 0 Å². The second kappa shape index (κ2) is 10.0. The van der Waals surface area contributed by atoms with Gasteiger partial charge < -0.3 is 15.5 Å². The summed E-state index contributed by atoms with van der Waals surface area (Å²) in [5.74, 6) is -1.87. The van der Waals surface area contributed by atoms with Crippen LogP contribution in [0, 0.1) is 0 Å². The number of anilines is 2. The minimum Gasteiger partial charge on any atom is -0.374 e. The minimum atomic E-state index is -4.53. The van der Waals surface area contributed by atoms with E-state index in [2.05, 4.69) is 45.7 Å². The van der Waals surface area contributed by atoms with Crippen LogP contribution in [0.3, 0.4) is 0 Å². The van der Waals surface area contributed by atoms with Gasteiger partial charge in [0.1, 0.15) is 0 Å². The first kappa shape index (κ1) is 24.1. The van der Waals surface area contributed by atoms with E-state index in [-0.39, 0.29) is 18.3 Å². The number of nitrogens with zero attached hydrogens (tertiary/aromatic N) is 2. The molecule has 2 aliphatic heterocycles. The standard InChI is InChI=1S/C25H29F3N4O2/c1-31-13-10-18-14-17(8-9-21(18)31)22(32-11-3-2-4-12-32)16-29-23(33)24(34)30-20-7-5-6-19(15-20)25(26,27)28/h5-9,14-15,22H,2-4,10-13,16H2,1H3,(H,29,33)(H,30,34)/t22-/m1/s1. The highest BCUT2D eigenvalue weighted by atomic mass is 19.4. The second-order valence-electron chi connectivity index (χ2n) is 8.91. The number of likely N-dealkylation sites (N-methyl/N-ethyl adjacent to an activating group) is 1. The zero-order chi connectivity index (χ0) is 24.3. The molecule has 0 bridgehead atoms. The molecule has 9 heteroatoms. The quantitative estimate of drug-likeness (QED) is 0.644. The molecule has 0 saturated carbocycles. The summed E-state index contributed by atoms with van der Waals surface area (Å²) in [6.07, 6.45) is -0.236. The molecule has 0 aliphatic carbocycles. The van der Waals surface area contributed by atoms with Crippen LogP contribution in [0.2, 0.25) is 0 Å². The van der Waals surface area contributed by atoms with Crippen LogP contribution in [0.1, 0.15) is 42.0 Å². The lowest BCUT2D eigenvalue weighted by Crippen LogP contribution is -2.43. The van der Waals surface area contributed by atoms with Gasteiger partial charge in [-0.15, -0.1) is 0 Å². The highest BCUT2D eigenvalue weighted by Crippen LogP contribution is 2.32. The molecule has 182 valence electrons. The summed E-state index contributed by atoms with van der Waals surface area (Å²) in [5.41, 5.74) is 2.61. The Morgan fingerprint density at radius 2 is 1.76 bits per heavy atom. The van der Waals surface area contributed by atoms with Crippen molar-refractivity contribution >= 4 is 23.2 Å². The van der Waals surface area contributed by atoms with Crippen molar-refractivity contribution in [3.05, 3.63) is 59.2 Å². The predicted molar refractivity (Wildman–Crippen MR) is 125 cm³/mol. The second-order valence-corrected chi connectivity index (χ2v) is 8.91. The van der Waals surface area contributed by atoms with Crippen LogP contribution in [-0.4, -0.2) is 49.9 Å². The van der Waals surface area contributed by atoms with Gasteiger partial charge in [-0.1, -0.05) is 24.6 Å². The number of amides is 2. The van der Waals surface area contributed by atoms with Crippen molar-refractivity contribution in [1.29, 1.82) is 0 Å². The first-order valence-electron chi connectivity index (χ1n) is 11.6. The molecule has 4 rings (SSSR count). The number of piperidine rings is 1. The van der Waals surface area contributed by atoms with Gasteiger partial charge in [0.25, 0.3) is 0 Å². The maximum Gasteiger partial charge on any atom is 0.416 e. The van der Waals surface area contributed by atoms with Crippen LogP contribution in [-0.2, 0) is 22.2 Å². The first-order valence-corrected chi connectivity index (χ1v) is 11.6. The van der Waals surface area contributed by atoms with E-state index in [0.717, 1.165) is 56.6 Å². The zero-order valence-corrected chi connectivity index (χ0v) is 19.1. The largest absolute Gasteiger partial charge is 0.416 e.